The maximum absolute atomic E-state index is 13.6. The van der Waals surface area contributed by atoms with Gasteiger partial charge in [-0.2, -0.15) is 0 Å². The zero-order valence-electron chi connectivity index (χ0n) is 13.8. The van der Waals surface area contributed by atoms with Gasteiger partial charge in [-0.25, -0.2) is 17.5 Å². The minimum atomic E-state index is -3.55. The van der Waals surface area contributed by atoms with E-state index in [1.807, 2.05) is 0 Å². The second kappa shape index (κ2) is 8.09. The van der Waals surface area contributed by atoms with Crippen molar-refractivity contribution in [1.29, 1.82) is 0 Å². The number of methoxy groups -OCH3 is 1. The summed E-state index contributed by atoms with van der Waals surface area (Å²) in [5.74, 6) is -0.465. The summed E-state index contributed by atoms with van der Waals surface area (Å²) in [6.45, 7) is 0. The molecule has 0 saturated carbocycles. The number of sulfonamides is 1. The van der Waals surface area contributed by atoms with Crippen LogP contribution in [0.15, 0.2) is 48.5 Å². The topological polar surface area (TPSA) is 84.5 Å². The fourth-order valence-electron chi connectivity index (χ4n) is 2.27. The lowest BCUT2D eigenvalue weighted by Gasteiger charge is -2.18. The van der Waals surface area contributed by atoms with Crippen molar-refractivity contribution < 1.29 is 22.3 Å². The summed E-state index contributed by atoms with van der Waals surface area (Å²) in [6, 6.07) is 11.6. The Bertz CT molecular complexity index is 838. The Balaban J connectivity index is 2.17. The normalized spacial score (nSPS) is 12.4. The summed E-state index contributed by atoms with van der Waals surface area (Å²) in [6.07, 6.45) is 0.825. The predicted octanol–water partition coefficient (Wildman–Crippen LogP) is 2.45. The highest BCUT2D eigenvalue weighted by atomic mass is 32.2. The first-order valence-electron chi connectivity index (χ1n) is 7.44. The van der Waals surface area contributed by atoms with Crippen molar-refractivity contribution in [2.45, 2.75) is 12.5 Å². The highest BCUT2D eigenvalue weighted by Gasteiger charge is 2.20. The summed E-state index contributed by atoms with van der Waals surface area (Å²) < 4.78 is 44.3. The van der Waals surface area contributed by atoms with Crippen LogP contribution in [0.1, 0.15) is 18.0 Å². The Kier molecular flexibility index (Phi) is 6.11. The first-order valence-corrected chi connectivity index (χ1v) is 9.33. The van der Waals surface area contributed by atoms with E-state index in [2.05, 4.69) is 10.0 Å². The second-order valence-electron chi connectivity index (χ2n) is 5.45. The molecule has 2 aromatic rings. The van der Waals surface area contributed by atoms with Gasteiger partial charge in [-0.05, 0) is 29.8 Å². The standard InChI is InChI=1S/C17H19FN2O4S/c1-24-13-9-7-12(8-10-13)16(20-25(2,22)23)11-17(21)19-15-6-4-3-5-14(15)18/h3-10,16,20H,11H2,1-2H3,(H,19,21)/t16-/m1/s1. The van der Waals surface area contributed by atoms with E-state index >= 15 is 0 Å². The van der Waals surface area contributed by atoms with Crippen molar-refractivity contribution in [2.75, 3.05) is 18.7 Å². The third kappa shape index (κ3) is 5.84. The van der Waals surface area contributed by atoms with E-state index in [4.69, 9.17) is 4.74 Å². The molecular weight excluding hydrogens is 347 g/mol. The van der Waals surface area contributed by atoms with Crippen molar-refractivity contribution in [2.24, 2.45) is 0 Å². The van der Waals surface area contributed by atoms with Crippen LogP contribution in [0.25, 0.3) is 0 Å². The Morgan fingerprint density at radius 3 is 2.36 bits per heavy atom. The molecule has 0 radical (unpaired) electrons. The number of carbonyl (C=O) groups is 1. The zero-order chi connectivity index (χ0) is 18.4. The third-order valence-corrected chi connectivity index (χ3v) is 4.12. The maximum atomic E-state index is 13.6. The first-order chi connectivity index (χ1) is 11.8. The molecule has 25 heavy (non-hydrogen) atoms. The lowest BCUT2D eigenvalue weighted by atomic mass is 10.0. The highest BCUT2D eigenvalue weighted by molar-refractivity contribution is 7.88. The molecule has 1 atom stereocenters. The van der Waals surface area contributed by atoms with Crippen LogP contribution in [0.3, 0.4) is 0 Å². The molecule has 0 fully saturated rings. The molecule has 0 heterocycles. The van der Waals surface area contributed by atoms with Crippen LogP contribution in [-0.4, -0.2) is 27.7 Å². The predicted molar refractivity (Wildman–Crippen MR) is 93.4 cm³/mol. The van der Waals surface area contributed by atoms with E-state index in [0.29, 0.717) is 11.3 Å². The van der Waals surface area contributed by atoms with Crippen molar-refractivity contribution >= 4 is 21.6 Å². The number of anilines is 1. The molecule has 134 valence electrons. The van der Waals surface area contributed by atoms with Gasteiger partial charge in [0.15, 0.2) is 0 Å². The lowest BCUT2D eigenvalue weighted by molar-refractivity contribution is -0.116. The van der Waals surface area contributed by atoms with Crippen molar-refractivity contribution in [3.63, 3.8) is 0 Å². The van der Waals surface area contributed by atoms with Gasteiger partial charge in [0.1, 0.15) is 11.6 Å². The van der Waals surface area contributed by atoms with Gasteiger partial charge < -0.3 is 10.1 Å². The molecule has 0 aliphatic heterocycles. The fraction of sp³-hybridized carbons (Fsp3) is 0.235. The molecule has 2 aromatic carbocycles. The van der Waals surface area contributed by atoms with Gasteiger partial charge in [0.05, 0.1) is 25.1 Å². The number of carbonyl (C=O) groups excluding carboxylic acids is 1. The van der Waals surface area contributed by atoms with Crippen LogP contribution in [0.5, 0.6) is 5.75 Å². The number of nitrogens with one attached hydrogen (secondary N) is 2. The Labute approximate surface area is 146 Å². The Morgan fingerprint density at radius 2 is 1.80 bits per heavy atom. The average Bonchev–Trinajstić information content (AvgIpc) is 2.55. The van der Waals surface area contributed by atoms with Gasteiger partial charge in [0, 0.05) is 6.42 Å². The van der Waals surface area contributed by atoms with Crippen LogP contribution in [0, 0.1) is 5.82 Å². The molecule has 0 spiro atoms. The van der Waals surface area contributed by atoms with Gasteiger partial charge in [0.2, 0.25) is 15.9 Å². The van der Waals surface area contributed by atoms with E-state index in [0.717, 1.165) is 6.26 Å². The van der Waals surface area contributed by atoms with Gasteiger partial charge in [0.25, 0.3) is 0 Å². The number of amides is 1. The molecule has 0 aliphatic rings. The SMILES string of the molecule is COc1ccc([C@@H](CC(=O)Nc2ccccc2F)NS(C)(=O)=O)cc1. The summed E-state index contributed by atoms with van der Waals surface area (Å²) in [5, 5.41) is 2.45. The van der Waals surface area contributed by atoms with Gasteiger partial charge in [-0.3, -0.25) is 4.79 Å². The third-order valence-electron chi connectivity index (χ3n) is 3.41. The molecule has 8 heteroatoms. The van der Waals surface area contributed by atoms with E-state index < -0.39 is 27.8 Å². The fourth-order valence-corrected chi connectivity index (χ4v) is 3.01. The van der Waals surface area contributed by atoms with E-state index in [-0.39, 0.29) is 12.1 Å². The second-order valence-corrected chi connectivity index (χ2v) is 7.23. The summed E-state index contributed by atoms with van der Waals surface area (Å²) in [7, 11) is -2.03. The minimum Gasteiger partial charge on any atom is -0.497 e. The van der Waals surface area contributed by atoms with Gasteiger partial charge >= 0.3 is 0 Å². The molecular formula is C17H19FN2O4S. The number of para-hydroxylation sites is 1. The number of benzene rings is 2. The zero-order valence-corrected chi connectivity index (χ0v) is 14.6. The summed E-state index contributed by atoms with van der Waals surface area (Å²) in [4.78, 5) is 12.2. The molecule has 0 saturated heterocycles. The molecule has 2 N–H and O–H groups in total. The molecule has 6 nitrogen and oxygen atoms in total. The summed E-state index contributed by atoms with van der Waals surface area (Å²) in [5.41, 5.74) is 0.634. The number of hydrogen-bond acceptors (Lipinski definition) is 4. The Morgan fingerprint density at radius 1 is 1.16 bits per heavy atom. The van der Waals surface area contributed by atoms with E-state index in [1.54, 1.807) is 30.3 Å². The number of rotatable bonds is 7. The van der Waals surface area contributed by atoms with Crippen LogP contribution >= 0.6 is 0 Å². The van der Waals surface area contributed by atoms with Crippen LogP contribution < -0.4 is 14.8 Å². The molecule has 0 aliphatic carbocycles. The van der Waals surface area contributed by atoms with Crippen molar-refractivity contribution in [3.8, 4) is 5.75 Å². The lowest BCUT2D eigenvalue weighted by Crippen LogP contribution is -2.30. The summed E-state index contributed by atoms with van der Waals surface area (Å²) >= 11 is 0. The number of hydrogen-bond donors (Lipinski definition) is 2. The van der Waals surface area contributed by atoms with Crippen LogP contribution in [-0.2, 0) is 14.8 Å². The highest BCUT2D eigenvalue weighted by Crippen LogP contribution is 2.22. The molecule has 0 aromatic heterocycles. The van der Waals surface area contributed by atoms with Crippen LogP contribution in [0.4, 0.5) is 10.1 Å². The quantitative estimate of drug-likeness (QED) is 0.788. The largest absolute Gasteiger partial charge is 0.497 e. The van der Waals surface area contributed by atoms with E-state index in [1.165, 1.54) is 25.3 Å². The monoisotopic (exact) mass is 366 g/mol. The van der Waals surface area contributed by atoms with Crippen LogP contribution in [0.2, 0.25) is 0 Å². The van der Waals surface area contributed by atoms with E-state index in [9.17, 15) is 17.6 Å². The molecule has 1 amide bonds. The molecule has 2 rings (SSSR count). The van der Waals surface area contributed by atoms with Gasteiger partial charge in [-0.1, -0.05) is 24.3 Å². The average molecular weight is 366 g/mol. The first kappa shape index (κ1) is 18.9. The van der Waals surface area contributed by atoms with Crippen molar-refractivity contribution in [3.05, 3.63) is 59.9 Å². The maximum Gasteiger partial charge on any atom is 0.226 e. The minimum absolute atomic E-state index is 0.0420. The van der Waals surface area contributed by atoms with Gasteiger partial charge in [-0.15, -0.1) is 0 Å². The number of halogens is 1. The smallest absolute Gasteiger partial charge is 0.226 e. The molecule has 0 unspecified atom stereocenters. The number of ether oxygens (including phenoxy) is 1. The van der Waals surface area contributed by atoms with Crippen molar-refractivity contribution in [1.82, 2.24) is 4.72 Å². The molecule has 0 bridgehead atoms. The Hall–Kier alpha value is -2.45.